The van der Waals surface area contributed by atoms with Gasteiger partial charge in [0.1, 0.15) is 0 Å². The van der Waals surface area contributed by atoms with Crippen LogP contribution in [0.5, 0.6) is 0 Å². The monoisotopic (exact) mass is 729 g/mol. The van der Waals surface area contributed by atoms with Crippen LogP contribution < -0.4 is 11.1 Å². The lowest BCUT2D eigenvalue weighted by atomic mass is 10.0. The molecule has 50 heavy (non-hydrogen) atoms. The molecule has 0 heterocycles. The zero-order valence-corrected chi connectivity index (χ0v) is 33.5. The van der Waals surface area contributed by atoms with Crippen molar-refractivity contribution in [1.29, 1.82) is 0 Å². The molecular weight excluding hydrogens is 647 g/mol. The van der Waals surface area contributed by atoms with Crippen LogP contribution in [0.25, 0.3) is 0 Å². The summed E-state index contributed by atoms with van der Waals surface area (Å²) in [4.78, 5) is 22.6. The predicted octanol–water partition coefficient (Wildman–Crippen LogP) is 11.4. The Hall–Kier alpha value is -1.02. The van der Waals surface area contributed by atoms with E-state index in [0.717, 1.165) is 64.2 Å². The summed E-state index contributed by atoms with van der Waals surface area (Å²) in [5, 5.41) is 13.6. The Morgan fingerprint density at radius 1 is 0.640 bits per heavy atom. The number of carbonyl (C=O) groups excluding carboxylic acids is 1. The third-order valence-corrected chi connectivity index (χ3v) is 10.2. The highest BCUT2D eigenvalue weighted by atomic mass is 31.2. The third kappa shape index (κ3) is 35.4. The van der Waals surface area contributed by atoms with Gasteiger partial charge in [-0.25, -0.2) is 4.57 Å². The Bertz CT molecular complexity index is 840. The molecule has 0 aromatic rings. The van der Waals surface area contributed by atoms with Crippen LogP contribution >= 0.6 is 7.82 Å². The van der Waals surface area contributed by atoms with Gasteiger partial charge in [-0.2, -0.15) is 0 Å². The number of phosphoric ester groups is 1. The van der Waals surface area contributed by atoms with Crippen molar-refractivity contribution in [3.05, 3.63) is 24.3 Å². The first-order valence-electron chi connectivity index (χ1n) is 21.0. The summed E-state index contributed by atoms with van der Waals surface area (Å²) in [6.45, 7) is 4.07. The van der Waals surface area contributed by atoms with Crippen LogP contribution in [0.15, 0.2) is 24.3 Å². The molecule has 9 heteroatoms. The molecule has 0 fully saturated rings. The molecule has 0 aliphatic rings. The first-order chi connectivity index (χ1) is 24.4. The van der Waals surface area contributed by atoms with Gasteiger partial charge in [0, 0.05) is 13.0 Å². The lowest BCUT2D eigenvalue weighted by molar-refractivity contribution is -0.123. The Morgan fingerprint density at radius 2 is 1.08 bits per heavy atom. The molecule has 0 saturated heterocycles. The van der Waals surface area contributed by atoms with Gasteiger partial charge in [-0.05, 0) is 38.5 Å². The molecule has 0 aliphatic heterocycles. The summed E-state index contributed by atoms with van der Waals surface area (Å²) in [6, 6.07) is -0.860. The van der Waals surface area contributed by atoms with E-state index in [2.05, 4.69) is 31.3 Å². The average molecular weight is 729 g/mol. The minimum atomic E-state index is -4.33. The third-order valence-electron chi connectivity index (χ3n) is 9.25. The fourth-order valence-electron chi connectivity index (χ4n) is 6.08. The number of allylic oxidation sites excluding steroid dienone is 3. The Balaban J connectivity index is 4.14. The number of nitrogens with two attached hydrogens (primary N) is 1. The van der Waals surface area contributed by atoms with Crippen molar-refractivity contribution in [1.82, 2.24) is 5.32 Å². The summed E-state index contributed by atoms with van der Waals surface area (Å²) >= 11 is 0. The maximum atomic E-state index is 12.7. The number of rotatable bonds is 39. The first kappa shape index (κ1) is 49.0. The molecule has 0 aromatic heterocycles. The number of phosphoric acid groups is 1. The fraction of sp³-hybridized carbons (Fsp3) is 0.878. The normalized spacial score (nSPS) is 14.4. The second kappa shape index (κ2) is 37.7. The summed E-state index contributed by atoms with van der Waals surface area (Å²) in [5.74, 6) is -0.206. The van der Waals surface area contributed by atoms with Gasteiger partial charge in [0.25, 0.3) is 0 Å². The van der Waals surface area contributed by atoms with Gasteiger partial charge in [0.05, 0.1) is 25.4 Å². The van der Waals surface area contributed by atoms with Crippen molar-refractivity contribution in [2.24, 2.45) is 5.73 Å². The number of unbranched alkanes of at least 4 members (excludes halogenated alkanes) is 25. The summed E-state index contributed by atoms with van der Waals surface area (Å²) in [7, 11) is -4.33. The smallest absolute Gasteiger partial charge is 0.387 e. The van der Waals surface area contributed by atoms with Gasteiger partial charge in [0.15, 0.2) is 0 Å². The van der Waals surface area contributed by atoms with E-state index < -0.39 is 20.0 Å². The molecule has 0 spiro atoms. The Labute approximate surface area is 308 Å². The summed E-state index contributed by atoms with van der Waals surface area (Å²) < 4.78 is 22.0. The van der Waals surface area contributed by atoms with E-state index in [1.807, 2.05) is 6.08 Å². The molecule has 3 unspecified atom stereocenters. The molecule has 5 N–H and O–H groups in total. The van der Waals surface area contributed by atoms with Gasteiger partial charge in [0.2, 0.25) is 5.91 Å². The van der Waals surface area contributed by atoms with Crippen LogP contribution in [0.4, 0.5) is 0 Å². The number of aliphatic hydroxyl groups excluding tert-OH is 1. The first-order valence-corrected chi connectivity index (χ1v) is 22.5. The molecule has 0 aliphatic carbocycles. The van der Waals surface area contributed by atoms with Crippen LogP contribution in [-0.2, 0) is 18.4 Å². The Morgan fingerprint density at radius 3 is 1.56 bits per heavy atom. The van der Waals surface area contributed by atoms with Crippen LogP contribution in [-0.4, -0.2) is 47.8 Å². The maximum absolute atomic E-state index is 12.7. The number of aliphatic hydroxyl groups is 1. The SMILES string of the molecule is CCC/C=C\CCCCCCCC(=O)NC(COP(=O)(O)OCCN)C(O)/C=C/CCCCCCCCCCCCCCCCCCCCC. The van der Waals surface area contributed by atoms with Crippen LogP contribution in [0.1, 0.15) is 200 Å². The molecule has 0 rings (SSSR count). The zero-order valence-electron chi connectivity index (χ0n) is 32.6. The topological polar surface area (TPSA) is 131 Å². The van der Waals surface area contributed by atoms with E-state index >= 15 is 0 Å². The number of hydrogen-bond acceptors (Lipinski definition) is 6. The van der Waals surface area contributed by atoms with E-state index in [1.54, 1.807) is 6.08 Å². The molecule has 1 amide bonds. The molecule has 0 bridgehead atoms. The van der Waals surface area contributed by atoms with E-state index in [9.17, 15) is 19.4 Å². The standard InChI is InChI=1S/C41H81N2O6P/c1-3-5-7-9-11-13-15-16-17-18-19-20-21-22-23-24-25-26-28-30-32-34-40(44)39(38-49-50(46,47)48-37-36-42)43-41(45)35-33-31-29-27-14-12-10-8-6-4-2/h8,10,32,34,39-40,44H,3-7,9,11-31,33,35-38,42H2,1-2H3,(H,43,45)(H,46,47)/b10-8-,34-32+. The van der Waals surface area contributed by atoms with Crippen molar-refractivity contribution in [3.63, 3.8) is 0 Å². The highest BCUT2D eigenvalue weighted by Crippen LogP contribution is 2.43. The van der Waals surface area contributed by atoms with E-state index in [1.165, 1.54) is 116 Å². The van der Waals surface area contributed by atoms with Crippen molar-refractivity contribution in [2.45, 2.75) is 212 Å². The number of amides is 1. The van der Waals surface area contributed by atoms with Crippen molar-refractivity contribution in [3.8, 4) is 0 Å². The van der Waals surface area contributed by atoms with E-state index in [0.29, 0.717) is 6.42 Å². The second-order valence-corrected chi connectivity index (χ2v) is 15.7. The highest BCUT2D eigenvalue weighted by Gasteiger charge is 2.26. The fourth-order valence-corrected chi connectivity index (χ4v) is 6.83. The molecule has 8 nitrogen and oxygen atoms in total. The van der Waals surface area contributed by atoms with E-state index in [4.69, 9.17) is 14.8 Å². The van der Waals surface area contributed by atoms with Crippen molar-refractivity contribution >= 4 is 13.7 Å². The zero-order chi connectivity index (χ0) is 36.8. The lowest BCUT2D eigenvalue weighted by Gasteiger charge is -2.23. The molecule has 296 valence electrons. The van der Waals surface area contributed by atoms with E-state index in [-0.39, 0.29) is 25.7 Å². The summed E-state index contributed by atoms with van der Waals surface area (Å²) in [6.07, 6.45) is 42.4. The molecule has 3 atom stereocenters. The van der Waals surface area contributed by atoms with Crippen molar-refractivity contribution in [2.75, 3.05) is 19.8 Å². The Kier molecular flexibility index (Phi) is 37.0. The predicted molar refractivity (Wildman–Crippen MR) is 212 cm³/mol. The van der Waals surface area contributed by atoms with Crippen LogP contribution in [0.3, 0.4) is 0 Å². The van der Waals surface area contributed by atoms with Crippen LogP contribution in [0.2, 0.25) is 0 Å². The number of hydrogen-bond donors (Lipinski definition) is 4. The molecule has 0 saturated carbocycles. The molecular formula is C41H81N2O6P. The van der Waals surface area contributed by atoms with Crippen LogP contribution in [0, 0.1) is 0 Å². The maximum Gasteiger partial charge on any atom is 0.472 e. The second-order valence-electron chi connectivity index (χ2n) is 14.2. The van der Waals surface area contributed by atoms with Gasteiger partial charge < -0.3 is 21.1 Å². The summed E-state index contributed by atoms with van der Waals surface area (Å²) in [5.41, 5.74) is 5.36. The molecule has 0 radical (unpaired) electrons. The van der Waals surface area contributed by atoms with Gasteiger partial charge >= 0.3 is 7.82 Å². The average Bonchev–Trinajstić information content (AvgIpc) is 3.10. The van der Waals surface area contributed by atoms with Gasteiger partial charge in [-0.15, -0.1) is 0 Å². The highest BCUT2D eigenvalue weighted by molar-refractivity contribution is 7.47. The lowest BCUT2D eigenvalue weighted by Crippen LogP contribution is -2.45. The number of carbonyl (C=O) groups is 1. The quantitative estimate of drug-likeness (QED) is 0.0281. The molecule has 0 aromatic carbocycles. The number of nitrogens with one attached hydrogen (secondary N) is 1. The largest absolute Gasteiger partial charge is 0.472 e. The van der Waals surface area contributed by atoms with Gasteiger partial charge in [-0.1, -0.05) is 179 Å². The minimum Gasteiger partial charge on any atom is -0.387 e. The van der Waals surface area contributed by atoms with Gasteiger partial charge in [-0.3, -0.25) is 13.8 Å². The minimum absolute atomic E-state index is 0.0778. The van der Waals surface area contributed by atoms with Crippen molar-refractivity contribution < 1.29 is 28.4 Å².